The number of pyridine rings is 1. The Morgan fingerprint density at radius 1 is 1.21 bits per heavy atom. The molecule has 0 bridgehead atoms. The molecule has 4 aromatic rings. The van der Waals surface area contributed by atoms with Gasteiger partial charge in [0.2, 0.25) is 0 Å². The Hall–Kier alpha value is -3.59. The van der Waals surface area contributed by atoms with Crippen molar-refractivity contribution in [3.05, 3.63) is 68.2 Å². The predicted molar refractivity (Wildman–Crippen MR) is 110 cm³/mol. The summed E-state index contributed by atoms with van der Waals surface area (Å²) in [7, 11) is 0. The number of nitrogens with zero attached hydrogens (tertiary/aromatic N) is 3. The lowest BCUT2D eigenvalue weighted by Crippen LogP contribution is -2.14. The lowest BCUT2D eigenvalue weighted by atomic mass is 10.1. The highest BCUT2D eigenvalue weighted by Gasteiger charge is 2.21. The number of anilines is 1. The van der Waals surface area contributed by atoms with E-state index in [2.05, 4.69) is 15.5 Å². The van der Waals surface area contributed by atoms with Gasteiger partial charge in [0, 0.05) is 10.9 Å². The topological polar surface area (TPSA) is 111 Å². The molecule has 0 unspecified atom stereocenters. The summed E-state index contributed by atoms with van der Waals surface area (Å²) in [6.07, 6.45) is 0. The second-order valence-corrected chi connectivity index (χ2v) is 7.86. The lowest BCUT2D eigenvalue weighted by molar-refractivity contribution is -0.385. The summed E-state index contributed by atoms with van der Waals surface area (Å²) in [5, 5.41) is 18.4. The molecule has 0 aliphatic carbocycles. The second kappa shape index (κ2) is 7.10. The number of thiophene rings is 1. The summed E-state index contributed by atoms with van der Waals surface area (Å²) in [5.74, 6) is -0.415. The van der Waals surface area contributed by atoms with Crippen LogP contribution in [0, 0.1) is 30.9 Å². The fraction of sp³-hybridized carbons (Fsp3) is 0.150. The maximum atomic E-state index is 13.1. The van der Waals surface area contributed by atoms with Gasteiger partial charge in [-0.05, 0) is 45.0 Å². The van der Waals surface area contributed by atoms with Gasteiger partial charge in [0.05, 0.1) is 43.4 Å². The van der Waals surface area contributed by atoms with Crippen molar-refractivity contribution in [1.82, 2.24) is 10.1 Å². The smallest absolute Gasteiger partial charge is 0.274 e. The molecule has 8 nitrogen and oxygen atoms in total. The highest BCUT2D eigenvalue weighted by molar-refractivity contribution is 7.15. The Labute approximate surface area is 169 Å². The minimum Gasteiger partial charge on any atom is -0.335 e. The monoisotopic (exact) mass is 408 g/mol. The molecule has 4 rings (SSSR count). The zero-order valence-electron chi connectivity index (χ0n) is 15.8. The number of nitro benzene ring substituents is 1. The third-order valence-corrected chi connectivity index (χ3v) is 5.63. The van der Waals surface area contributed by atoms with Crippen LogP contribution in [0.15, 0.2) is 40.9 Å². The van der Waals surface area contributed by atoms with Gasteiger partial charge in [-0.2, -0.15) is 0 Å². The molecule has 0 aliphatic heterocycles. The van der Waals surface area contributed by atoms with Crippen LogP contribution in [-0.4, -0.2) is 21.0 Å². The molecule has 0 fully saturated rings. The van der Waals surface area contributed by atoms with Crippen molar-refractivity contribution >= 4 is 39.7 Å². The van der Waals surface area contributed by atoms with Crippen molar-refractivity contribution in [2.45, 2.75) is 20.8 Å². The van der Waals surface area contributed by atoms with Gasteiger partial charge in [-0.15, -0.1) is 11.3 Å². The number of fused-ring (bicyclic) bond motifs is 1. The summed E-state index contributed by atoms with van der Waals surface area (Å²) in [4.78, 5) is 30.4. The number of hydrogen-bond donors (Lipinski definition) is 1. The van der Waals surface area contributed by atoms with E-state index in [4.69, 9.17) is 4.52 Å². The number of carbonyl (C=O) groups is 1. The maximum Gasteiger partial charge on any atom is 0.274 e. The van der Waals surface area contributed by atoms with Gasteiger partial charge < -0.3 is 9.84 Å². The summed E-state index contributed by atoms with van der Waals surface area (Å²) >= 11 is 1.56. The van der Waals surface area contributed by atoms with Crippen molar-refractivity contribution in [2.75, 3.05) is 5.32 Å². The largest absolute Gasteiger partial charge is 0.335 e. The summed E-state index contributed by atoms with van der Waals surface area (Å²) in [5.41, 5.74) is 2.46. The van der Waals surface area contributed by atoms with E-state index >= 15 is 0 Å². The van der Waals surface area contributed by atoms with Crippen molar-refractivity contribution < 1.29 is 14.2 Å². The van der Waals surface area contributed by atoms with Gasteiger partial charge in [-0.25, -0.2) is 4.98 Å². The van der Waals surface area contributed by atoms with Crippen molar-refractivity contribution in [3.8, 4) is 10.6 Å². The first-order chi connectivity index (χ1) is 13.8. The molecule has 0 saturated carbocycles. The lowest BCUT2D eigenvalue weighted by Gasteiger charge is -2.10. The van der Waals surface area contributed by atoms with E-state index in [1.165, 1.54) is 12.1 Å². The highest BCUT2D eigenvalue weighted by Crippen LogP contribution is 2.32. The molecule has 0 atom stereocenters. The second-order valence-electron chi connectivity index (χ2n) is 6.57. The minimum atomic E-state index is -0.475. The molecular formula is C20H16N4O4S. The molecule has 0 spiro atoms. The van der Waals surface area contributed by atoms with Crippen LogP contribution in [-0.2, 0) is 0 Å². The summed E-state index contributed by atoms with van der Waals surface area (Å²) in [6.45, 7) is 5.32. The Morgan fingerprint density at radius 3 is 2.69 bits per heavy atom. The number of nitrogens with one attached hydrogen (secondary N) is 1. The van der Waals surface area contributed by atoms with E-state index < -0.39 is 10.8 Å². The SMILES string of the molecule is Cc1ccc(-c2cc(C(=O)Nc3cccc([N+](=O)[O-])c3C)c3c(C)noc3n2)s1. The van der Waals surface area contributed by atoms with Crippen LogP contribution in [0.1, 0.15) is 26.5 Å². The zero-order chi connectivity index (χ0) is 20.7. The van der Waals surface area contributed by atoms with E-state index in [9.17, 15) is 14.9 Å². The standard InChI is InChI=1S/C20H16N4O4S/c1-10-7-8-17(29-10)15-9-13(18-12(3)23-28-20(18)22-15)19(25)21-14-5-4-6-16(11(14)2)24(26)27/h4-9H,1-3H3,(H,21,25). The molecule has 1 N–H and O–H groups in total. The molecule has 146 valence electrons. The van der Waals surface area contributed by atoms with Crippen molar-refractivity contribution in [2.24, 2.45) is 0 Å². The van der Waals surface area contributed by atoms with E-state index in [0.717, 1.165) is 9.75 Å². The van der Waals surface area contributed by atoms with Crippen LogP contribution in [0.3, 0.4) is 0 Å². The first kappa shape index (κ1) is 18.8. The zero-order valence-corrected chi connectivity index (χ0v) is 16.7. The van der Waals surface area contributed by atoms with Gasteiger partial charge >= 0.3 is 0 Å². The quantitative estimate of drug-likeness (QED) is 0.374. The van der Waals surface area contributed by atoms with Crippen molar-refractivity contribution in [3.63, 3.8) is 0 Å². The number of carbonyl (C=O) groups excluding carboxylic acids is 1. The molecule has 3 aromatic heterocycles. The highest BCUT2D eigenvalue weighted by atomic mass is 32.1. The Bertz CT molecular complexity index is 1270. The summed E-state index contributed by atoms with van der Waals surface area (Å²) in [6, 6.07) is 10.2. The number of aromatic nitrogens is 2. The Morgan fingerprint density at radius 2 is 2.00 bits per heavy atom. The molecule has 1 amide bonds. The van der Waals surface area contributed by atoms with Crippen LogP contribution in [0.5, 0.6) is 0 Å². The molecule has 9 heteroatoms. The van der Waals surface area contributed by atoms with Gasteiger partial charge in [-0.1, -0.05) is 11.2 Å². The maximum absolute atomic E-state index is 13.1. The number of nitro groups is 1. The Balaban J connectivity index is 1.81. The van der Waals surface area contributed by atoms with Crippen molar-refractivity contribution in [1.29, 1.82) is 0 Å². The fourth-order valence-corrected chi connectivity index (χ4v) is 3.95. The number of hydrogen-bond acceptors (Lipinski definition) is 7. The average molecular weight is 408 g/mol. The number of rotatable bonds is 4. The fourth-order valence-electron chi connectivity index (χ4n) is 3.12. The molecule has 1 aromatic carbocycles. The van der Waals surface area contributed by atoms with Gasteiger partial charge in [0.15, 0.2) is 0 Å². The van der Waals surface area contributed by atoms with Gasteiger partial charge in [0.1, 0.15) is 0 Å². The molecule has 3 heterocycles. The summed E-state index contributed by atoms with van der Waals surface area (Å²) < 4.78 is 5.31. The van der Waals surface area contributed by atoms with Crippen LogP contribution in [0.4, 0.5) is 11.4 Å². The van der Waals surface area contributed by atoms with Crippen LogP contribution in [0.25, 0.3) is 21.7 Å². The molecule has 29 heavy (non-hydrogen) atoms. The third-order valence-electron chi connectivity index (χ3n) is 4.60. The average Bonchev–Trinajstić information content (AvgIpc) is 3.28. The first-order valence-electron chi connectivity index (χ1n) is 8.74. The van der Waals surface area contributed by atoms with Gasteiger partial charge in [-0.3, -0.25) is 14.9 Å². The van der Waals surface area contributed by atoms with Crippen LogP contribution in [0.2, 0.25) is 0 Å². The third kappa shape index (κ3) is 3.36. The van der Waals surface area contributed by atoms with E-state index in [1.54, 1.807) is 37.3 Å². The first-order valence-corrected chi connectivity index (χ1v) is 9.56. The van der Waals surface area contributed by atoms with Crippen LogP contribution < -0.4 is 5.32 Å². The van der Waals surface area contributed by atoms with Crippen LogP contribution >= 0.6 is 11.3 Å². The molecule has 0 radical (unpaired) electrons. The molecular weight excluding hydrogens is 392 g/mol. The molecule has 0 saturated heterocycles. The number of aryl methyl sites for hydroxylation is 2. The minimum absolute atomic E-state index is 0.0569. The normalized spacial score (nSPS) is 11.0. The predicted octanol–water partition coefficient (Wildman–Crippen LogP) is 5.04. The van der Waals surface area contributed by atoms with E-state index in [0.29, 0.717) is 33.6 Å². The van der Waals surface area contributed by atoms with E-state index in [-0.39, 0.29) is 11.4 Å². The number of benzene rings is 1. The molecule has 0 aliphatic rings. The Kier molecular flexibility index (Phi) is 4.59. The number of amides is 1. The van der Waals surface area contributed by atoms with E-state index in [1.807, 2.05) is 19.1 Å². The van der Waals surface area contributed by atoms with Gasteiger partial charge in [0.25, 0.3) is 17.3 Å².